The summed E-state index contributed by atoms with van der Waals surface area (Å²) in [5.74, 6) is 0.455. The molecule has 76 valence electrons. The molecule has 1 rings (SSSR count). The molecule has 0 bridgehead atoms. The van der Waals surface area contributed by atoms with Gasteiger partial charge in [0.1, 0.15) is 5.75 Å². The molecule has 0 unspecified atom stereocenters. The van der Waals surface area contributed by atoms with E-state index in [2.05, 4.69) is 5.32 Å². The number of carbonyl (C=O) groups excluding carboxylic acids is 1. The van der Waals surface area contributed by atoms with Crippen molar-refractivity contribution in [1.29, 1.82) is 0 Å². The Morgan fingerprint density at radius 3 is 3.00 bits per heavy atom. The number of benzene rings is 1. The number of carbonyl (C=O) groups is 1. The lowest BCUT2D eigenvalue weighted by Crippen LogP contribution is -2.28. The van der Waals surface area contributed by atoms with E-state index in [9.17, 15) is 4.79 Å². The maximum absolute atomic E-state index is 10.4. The van der Waals surface area contributed by atoms with E-state index < -0.39 is 0 Å². The lowest BCUT2D eigenvalue weighted by molar-refractivity contribution is -0.117. The van der Waals surface area contributed by atoms with E-state index in [1.807, 2.05) is 24.3 Å². The van der Waals surface area contributed by atoms with Crippen LogP contribution in [0.2, 0.25) is 0 Å². The Hall–Kier alpha value is -1.55. The monoisotopic (exact) mass is 194 g/mol. The predicted molar refractivity (Wildman–Crippen MR) is 53.9 cm³/mol. The Morgan fingerprint density at radius 1 is 1.57 bits per heavy atom. The molecular formula is C10H14N2O2. The van der Waals surface area contributed by atoms with Crippen LogP contribution in [0.1, 0.15) is 5.56 Å². The Kier molecular flexibility index (Phi) is 3.94. The van der Waals surface area contributed by atoms with Crippen LogP contribution in [0, 0.1) is 0 Å². The summed E-state index contributed by atoms with van der Waals surface area (Å²) in [6, 6.07) is 7.64. The maximum Gasteiger partial charge on any atom is 0.231 e. The van der Waals surface area contributed by atoms with Crippen molar-refractivity contribution in [3.05, 3.63) is 29.8 Å². The van der Waals surface area contributed by atoms with Crippen molar-refractivity contribution >= 4 is 5.91 Å². The van der Waals surface area contributed by atoms with Gasteiger partial charge < -0.3 is 15.8 Å². The minimum atomic E-state index is -0.354. The summed E-state index contributed by atoms with van der Waals surface area (Å²) in [6.45, 7) is 0.803. The largest absolute Gasteiger partial charge is 0.497 e. The van der Waals surface area contributed by atoms with E-state index >= 15 is 0 Å². The van der Waals surface area contributed by atoms with Crippen molar-refractivity contribution in [2.75, 3.05) is 13.7 Å². The third-order valence-corrected chi connectivity index (χ3v) is 1.76. The number of nitrogens with two attached hydrogens (primary N) is 1. The first-order valence-electron chi connectivity index (χ1n) is 4.34. The normalized spacial score (nSPS) is 9.79. The second kappa shape index (κ2) is 5.24. The molecule has 0 atom stereocenters. The molecule has 0 aliphatic rings. The molecule has 4 heteroatoms. The molecule has 0 heterocycles. The van der Waals surface area contributed by atoms with Gasteiger partial charge in [-0.3, -0.25) is 4.79 Å². The van der Waals surface area contributed by atoms with Crippen LogP contribution in [0.15, 0.2) is 24.3 Å². The number of hydrogen-bond donors (Lipinski definition) is 2. The molecule has 4 nitrogen and oxygen atoms in total. The molecule has 3 N–H and O–H groups in total. The van der Waals surface area contributed by atoms with Crippen LogP contribution in [-0.2, 0) is 11.3 Å². The average Bonchev–Trinajstić information content (AvgIpc) is 2.18. The Balaban J connectivity index is 2.46. The Morgan fingerprint density at radius 2 is 2.36 bits per heavy atom. The van der Waals surface area contributed by atoms with Crippen molar-refractivity contribution in [3.8, 4) is 5.75 Å². The second-order valence-electron chi connectivity index (χ2n) is 2.92. The van der Waals surface area contributed by atoms with Gasteiger partial charge in [-0.15, -0.1) is 0 Å². The summed E-state index contributed by atoms with van der Waals surface area (Å²) < 4.78 is 5.06. The SMILES string of the molecule is COc1cccc(CNCC(N)=O)c1. The number of rotatable bonds is 5. The highest BCUT2D eigenvalue weighted by Crippen LogP contribution is 2.11. The quantitative estimate of drug-likeness (QED) is 0.707. The highest BCUT2D eigenvalue weighted by atomic mass is 16.5. The summed E-state index contributed by atoms with van der Waals surface area (Å²) in [5.41, 5.74) is 6.05. The molecule has 1 aromatic carbocycles. The van der Waals surface area contributed by atoms with E-state index in [0.717, 1.165) is 11.3 Å². The van der Waals surface area contributed by atoms with Gasteiger partial charge in [0, 0.05) is 6.54 Å². The van der Waals surface area contributed by atoms with Gasteiger partial charge in [0.2, 0.25) is 5.91 Å². The van der Waals surface area contributed by atoms with Gasteiger partial charge in [-0.2, -0.15) is 0 Å². The van der Waals surface area contributed by atoms with Crippen LogP contribution in [-0.4, -0.2) is 19.6 Å². The van der Waals surface area contributed by atoms with Gasteiger partial charge in [0.05, 0.1) is 13.7 Å². The summed E-state index contributed by atoms with van der Waals surface area (Å²) in [7, 11) is 1.62. The van der Waals surface area contributed by atoms with E-state index in [1.165, 1.54) is 0 Å². The van der Waals surface area contributed by atoms with E-state index in [4.69, 9.17) is 10.5 Å². The number of methoxy groups -OCH3 is 1. The molecule has 0 saturated carbocycles. The van der Waals surface area contributed by atoms with Crippen LogP contribution in [0.4, 0.5) is 0 Å². The third-order valence-electron chi connectivity index (χ3n) is 1.76. The summed E-state index contributed by atoms with van der Waals surface area (Å²) in [4.78, 5) is 10.4. The third kappa shape index (κ3) is 3.45. The first-order valence-corrected chi connectivity index (χ1v) is 4.34. The number of primary amides is 1. The number of nitrogens with one attached hydrogen (secondary N) is 1. The first kappa shape index (κ1) is 10.5. The van der Waals surface area contributed by atoms with Crippen LogP contribution in [0.25, 0.3) is 0 Å². The van der Waals surface area contributed by atoms with Crippen molar-refractivity contribution in [2.24, 2.45) is 5.73 Å². The van der Waals surface area contributed by atoms with Gasteiger partial charge in [-0.25, -0.2) is 0 Å². The van der Waals surface area contributed by atoms with Crippen LogP contribution < -0.4 is 15.8 Å². The van der Waals surface area contributed by atoms with E-state index in [1.54, 1.807) is 7.11 Å². The first-order chi connectivity index (χ1) is 6.72. The summed E-state index contributed by atoms with van der Waals surface area (Å²) in [5, 5.41) is 2.92. The fraction of sp³-hybridized carbons (Fsp3) is 0.300. The van der Waals surface area contributed by atoms with Crippen molar-refractivity contribution < 1.29 is 9.53 Å². The second-order valence-corrected chi connectivity index (χ2v) is 2.92. The van der Waals surface area contributed by atoms with Crippen molar-refractivity contribution in [1.82, 2.24) is 5.32 Å². The number of ether oxygens (including phenoxy) is 1. The van der Waals surface area contributed by atoms with Gasteiger partial charge >= 0.3 is 0 Å². The van der Waals surface area contributed by atoms with Gasteiger partial charge in [0.15, 0.2) is 0 Å². The standard InChI is InChI=1S/C10H14N2O2/c1-14-9-4-2-3-8(5-9)6-12-7-10(11)13/h2-5,12H,6-7H2,1H3,(H2,11,13). The highest BCUT2D eigenvalue weighted by Gasteiger charge is 1.96. The number of hydrogen-bond acceptors (Lipinski definition) is 3. The molecule has 0 aliphatic carbocycles. The molecule has 0 aromatic heterocycles. The topological polar surface area (TPSA) is 64.3 Å². The molecular weight excluding hydrogens is 180 g/mol. The fourth-order valence-electron chi connectivity index (χ4n) is 1.11. The Bertz CT molecular complexity index is 313. The maximum atomic E-state index is 10.4. The van der Waals surface area contributed by atoms with Crippen LogP contribution >= 0.6 is 0 Å². The highest BCUT2D eigenvalue weighted by molar-refractivity contribution is 5.75. The fourth-order valence-corrected chi connectivity index (χ4v) is 1.11. The van der Waals surface area contributed by atoms with Gasteiger partial charge in [-0.1, -0.05) is 12.1 Å². The summed E-state index contributed by atoms with van der Waals surface area (Å²) >= 11 is 0. The molecule has 1 aromatic rings. The van der Waals surface area contributed by atoms with Gasteiger partial charge in [0.25, 0.3) is 0 Å². The zero-order chi connectivity index (χ0) is 10.4. The molecule has 0 aliphatic heterocycles. The molecule has 14 heavy (non-hydrogen) atoms. The van der Waals surface area contributed by atoms with Crippen molar-refractivity contribution in [2.45, 2.75) is 6.54 Å². The minimum Gasteiger partial charge on any atom is -0.497 e. The molecule has 0 spiro atoms. The average molecular weight is 194 g/mol. The van der Waals surface area contributed by atoms with Crippen LogP contribution in [0.3, 0.4) is 0 Å². The minimum absolute atomic E-state index is 0.192. The van der Waals surface area contributed by atoms with E-state index in [0.29, 0.717) is 6.54 Å². The molecule has 0 saturated heterocycles. The molecule has 0 radical (unpaired) electrons. The molecule has 0 fully saturated rings. The Labute approximate surface area is 83.1 Å². The smallest absolute Gasteiger partial charge is 0.231 e. The van der Waals surface area contributed by atoms with Gasteiger partial charge in [-0.05, 0) is 17.7 Å². The predicted octanol–water partition coefficient (Wildman–Crippen LogP) is 0.270. The summed E-state index contributed by atoms with van der Waals surface area (Å²) in [6.07, 6.45) is 0. The lowest BCUT2D eigenvalue weighted by Gasteiger charge is -2.04. The van der Waals surface area contributed by atoms with Crippen LogP contribution in [0.5, 0.6) is 5.75 Å². The zero-order valence-electron chi connectivity index (χ0n) is 8.12. The number of amides is 1. The zero-order valence-corrected chi connectivity index (χ0v) is 8.12. The van der Waals surface area contributed by atoms with E-state index in [-0.39, 0.29) is 12.5 Å². The lowest BCUT2D eigenvalue weighted by atomic mass is 10.2. The van der Waals surface area contributed by atoms with Crippen molar-refractivity contribution in [3.63, 3.8) is 0 Å². The molecule has 1 amide bonds.